The van der Waals surface area contributed by atoms with Gasteiger partial charge in [-0.1, -0.05) is 0 Å². The zero-order valence-electron chi connectivity index (χ0n) is 13.5. The summed E-state index contributed by atoms with van der Waals surface area (Å²) in [6, 6.07) is 0. The molecule has 0 bridgehead atoms. The topological polar surface area (TPSA) is 110 Å². The predicted molar refractivity (Wildman–Crippen MR) is 78.2 cm³/mol. The Labute approximate surface area is 139 Å². The fourth-order valence-electron chi connectivity index (χ4n) is 3.40. The minimum Gasteiger partial charge on any atom is -0.459 e. The van der Waals surface area contributed by atoms with Crippen molar-refractivity contribution < 1.29 is 38.7 Å². The van der Waals surface area contributed by atoms with E-state index in [1.165, 1.54) is 0 Å². The monoisotopic (exact) mass is 342 g/mol. The molecule has 0 aromatic rings. The molecule has 8 heteroatoms. The number of carbonyl (C=O) groups excluding carboxylic acids is 1. The molecule has 0 aliphatic carbocycles. The summed E-state index contributed by atoms with van der Waals surface area (Å²) in [4.78, 5) is 12.4. The Kier molecular flexibility index (Phi) is 4.14. The zero-order valence-corrected chi connectivity index (χ0v) is 13.5. The zero-order chi connectivity index (χ0) is 16.9. The lowest BCUT2D eigenvalue weighted by Crippen LogP contribution is -2.46. The molecule has 0 amide bonds. The van der Waals surface area contributed by atoms with E-state index in [9.17, 15) is 15.0 Å². The van der Waals surface area contributed by atoms with Crippen molar-refractivity contribution >= 4 is 5.97 Å². The van der Waals surface area contributed by atoms with Crippen molar-refractivity contribution in [3.63, 3.8) is 0 Å². The van der Waals surface area contributed by atoms with Crippen LogP contribution in [0.5, 0.6) is 0 Å². The highest BCUT2D eigenvalue weighted by Gasteiger charge is 2.58. The SMILES string of the molecule is CC(C(=O)OCC1CO1)=C(CC1CO1)[C@@]1(O)CO[C@@H]2[C@H](O)CO[C@@H]21. The van der Waals surface area contributed by atoms with Crippen LogP contribution in [-0.4, -0.2) is 85.3 Å². The molecule has 8 nitrogen and oxygen atoms in total. The van der Waals surface area contributed by atoms with Crippen LogP contribution in [0, 0.1) is 0 Å². The standard InChI is InChI=1S/C16H22O8/c1-8(15(18)23-5-10-4-21-10)11(2-9-3-20-9)16(19)7-24-13-12(17)6-22-14(13)16/h9-10,12-14,17,19H,2-7H2,1H3/t9?,10?,12-,13-,14+,16+/m1/s1. The minimum absolute atomic E-state index is 0.0208. The highest BCUT2D eigenvalue weighted by atomic mass is 16.6. The van der Waals surface area contributed by atoms with Gasteiger partial charge in [0.05, 0.1) is 32.5 Å². The van der Waals surface area contributed by atoms with Crippen molar-refractivity contribution in [3.05, 3.63) is 11.1 Å². The van der Waals surface area contributed by atoms with E-state index in [-0.39, 0.29) is 32.0 Å². The third-order valence-electron chi connectivity index (χ3n) is 5.01. The smallest absolute Gasteiger partial charge is 0.333 e. The molecule has 0 aromatic carbocycles. The van der Waals surface area contributed by atoms with E-state index >= 15 is 0 Å². The summed E-state index contributed by atoms with van der Waals surface area (Å²) >= 11 is 0. The van der Waals surface area contributed by atoms with Crippen LogP contribution in [0.25, 0.3) is 0 Å². The van der Waals surface area contributed by atoms with E-state index in [0.29, 0.717) is 30.8 Å². The molecule has 4 rings (SSSR count). The molecule has 4 heterocycles. The Bertz CT molecular complexity index is 552. The lowest BCUT2D eigenvalue weighted by Gasteiger charge is -2.31. The third kappa shape index (κ3) is 2.98. The van der Waals surface area contributed by atoms with Crippen LogP contribution in [0.4, 0.5) is 0 Å². The lowest BCUT2D eigenvalue weighted by atomic mass is 9.82. The molecule has 4 saturated heterocycles. The molecule has 24 heavy (non-hydrogen) atoms. The number of esters is 1. The number of hydrogen-bond donors (Lipinski definition) is 2. The van der Waals surface area contributed by atoms with Crippen LogP contribution in [0.3, 0.4) is 0 Å². The van der Waals surface area contributed by atoms with Gasteiger partial charge in [-0.2, -0.15) is 0 Å². The van der Waals surface area contributed by atoms with Crippen molar-refractivity contribution in [3.8, 4) is 0 Å². The Balaban J connectivity index is 1.57. The van der Waals surface area contributed by atoms with Gasteiger partial charge in [-0.15, -0.1) is 0 Å². The highest BCUT2D eigenvalue weighted by molar-refractivity contribution is 5.89. The minimum atomic E-state index is -1.46. The first kappa shape index (κ1) is 16.4. The van der Waals surface area contributed by atoms with Gasteiger partial charge in [-0.25, -0.2) is 4.79 Å². The maximum absolute atomic E-state index is 12.4. The fourth-order valence-corrected chi connectivity index (χ4v) is 3.40. The van der Waals surface area contributed by atoms with Crippen molar-refractivity contribution in [2.75, 3.05) is 33.0 Å². The molecule has 4 aliphatic rings. The van der Waals surface area contributed by atoms with E-state index < -0.39 is 29.9 Å². The molecular formula is C16H22O8. The van der Waals surface area contributed by atoms with Gasteiger partial charge in [0.1, 0.15) is 36.6 Å². The molecule has 2 unspecified atom stereocenters. The molecular weight excluding hydrogens is 320 g/mol. The summed E-state index contributed by atoms with van der Waals surface area (Å²) in [6.07, 6.45) is -1.70. The highest BCUT2D eigenvalue weighted by Crippen LogP contribution is 2.42. The van der Waals surface area contributed by atoms with Crippen molar-refractivity contribution in [1.29, 1.82) is 0 Å². The first-order valence-electron chi connectivity index (χ1n) is 8.23. The second-order valence-electron chi connectivity index (χ2n) is 6.84. The van der Waals surface area contributed by atoms with E-state index in [4.69, 9.17) is 23.7 Å². The Morgan fingerprint density at radius 1 is 1.17 bits per heavy atom. The Morgan fingerprint density at radius 2 is 1.88 bits per heavy atom. The Hall–Kier alpha value is -1.03. The average molecular weight is 342 g/mol. The number of aliphatic hydroxyl groups excluding tert-OH is 1. The molecule has 0 radical (unpaired) electrons. The fraction of sp³-hybridized carbons (Fsp3) is 0.812. The number of carbonyl (C=O) groups is 1. The van der Waals surface area contributed by atoms with Gasteiger partial charge in [0.25, 0.3) is 0 Å². The number of hydrogen-bond acceptors (Lipinski definition) is 8. The molecule has 0 aromatic heterocycles. The van der Waals surface area contributed by atoms with E-state index in [1.54, 1.807) is 6.92 Å². The normalized spacial score (nSPS) is 44.0. The number of rotatable bonds is 6. The number of fused-ring (bicyclic) bond motifs is 1. The maximum atomic E-state index is 12.4. The van der Waals surface area contributed by atoms with E-state index in [1.807, 2.05) is 0 Å². The molecule has 6 atom stereocenters. The van der Waals surface area contributed by atoms with Gasteiger partial charge in [0.2, 0.25) is 0 Å². The van der Waals surface area contributed by atoms with Crippen LogP contribution in [0.1, 0.15) is 13.3 Å². The molecule has 0 saturated carbocycles. The van der Waals surface area contributed by atoms with Gasteiger partial charge in [0.15, 0.2) is 0 Å². The third-order valence-corrected chi connectivity index (χ3v) is 5.01. The number of epoxide rings is 2. The lowest BCUT2D eigenvalue weighted by molar-refractivity contribution is -0.139. The predicted octanol–water partition coefficient (Wildman–Crippen LogP) is -1.08. The van der Waals surface area contributed by atoms with Gasteiger partial charge in [0, 0.05) is 12.0 Å². The molecule has 4 fully saturated rings. The van der Waals surface area contributed by atoms with Crippen molar-refractivity contribution in [2.24, 2.45) is 0 Å². The summed E-state index contributed by atoms with van der Waals surface area (Å²) in [7, 11) is 0. The first-order valence-corrected chi connectivity index (χ1v) is 8.23. The molecule has 4 aliphatic heterocycles. The van der Waals surface area contributed by atoms with E-state index in [0.717, 1.165) is 0 Å². The average Bonchev–Trinajstić information content (AvgIpc) is 3.48. The maximum Gasteiger partial charge on any atom is 0.333 e. The van der Waals surface area contributed by atoms with Gasteiger partial charge < -0.3 is 33.9 Å². The number of ether oxygens (including phenoxy) is 5. The summed E-state index contributed by atoms with van der Waals surface area (Å²) in [6.45, 7) is 3.11. The number of aliphatic hydroxyl groups is 2. The first-order chi connectivity index (χ1) is 11.5. The summed E-state index contributed by atoms with van der Waals surface area (Å²) in [5, 5.41) is 21.1. The van der Waals surface area contributed by atoms with Crippen LogP contribution in [0.15, 0.2) is 11.1 Å². The molecule has 0 spiro atoms. The van der Waals surface area contributed by atoms with Crippen LogP contribution >= 0.6 is 0 Å². The summed E-state index contributed by atoms with van der Waals surface area (Å²) in [5.41, 5.74) is -0.621. The quantitative estimate of drug-likeness (QED) is 0.356. The molecule has 2 N–H and O–H groups in total. The second-order valence-corrected chi connectivity index (χ2v) is 6.84. The van der Waals surface area contributed by atoms with Gasteiger partial charge >= 0.3 is 5.97 Å². The Morgan fingerprint density at radius 3 is 2.54 bits per heavy atom. The van der Waals surface area contributed by atoms with Crippen molar-refractivity contribution in [2.45, 2.75) is 49.5 Å². The summed E-state index contributed by atoms with van der Waals surface area (Å²) in [5.74, 6) is -0.489. The van der Waals surface area contributed by atoms with E-state index in [2.05, 4.69) is 0 Å². The molecule has 134 valence electrons. The van der Waals surface area contributed by atoms with Gasteiger partial charge in [-0.3, -0.25) is 0 Å². The van der Waals surface area contributed by atoms with Crippen LogP contribution in [0.2, 0.25) is 0 Å². The summed E-state index contributed by atoms with van der Waals surface area (Å²) < 4.78 is 26.6. The van der Waals surface area contributed by atoms with Crippen LogP contribution < -0.4 is 0 Å². The van der Waals surface area contributed by atoms with Crippen molar-refractivity contribution in [1.82, 2.24) is 0 Å². The van der Waals surface area contributed by atoms with Crippen LogP contribution in [-0.2, 0) is 28.5 Å². The largest absolute Gasteiger partial charge is 0.459 e. The second kappa shape index (κ2) is 6.05. The van der Waals surface area contributed by atoms with Gasteiger partial charge in [-0.05, 0) is 12.5 Å².